The van der Waals surface area contributed by atoms with E-state index in [1.165, 1.54) is 4.68 Å². The van der Waals surface area contributed by atoms with Crippen LogP contribution in [0.15, 0.2) is 53.5 Å². The second-order valence-electron chi connectivity index (χ2n) is 8.24. The van der Waals surface area contributed by atoms with Crippen LogP contribution in [-0.4, -0.2) is 42.1 Å². The number of hydrogen-bond acceptors (Lipinski definition) is 7. The maximum Gasteiger partial charge on any atom is 0.290 e. The Bertz CT molecular complexity index is 1220. The average Bonchev–Trinajstić information content (AvgIpc) is 3.64. The van der Waals surface area contributed by atoms with Gasteiger partial charge in [-0.3, -0.25) is 9.78 Å². The molecule has 0 radical (unpaired) electrons. The molecule has 3 aromatic rings. The Hall–Kier alpha value is -3.99. The monoisotopic (exact) mass is 460 g/mol. The molecule has 2 heterocycles. The summed E-state index contributed by atoms with van der Waals surface area (Å²) in [5.74, 6) is 5.25. The fourth-order valence-electron chi connectivity index (χ4n) is 3.87. The molecule has 34 heavy (non-hydrogen) atoms. The van der Waals surface area contributed by atoms with E-state index >= 15 is 0 Å². The summed E-state index contributed by atoms with van der Waals surface area (Å²) >= 11 is 0. The van der Waals surface area contributed by atoms with Gasteiger partial charge in [0.25, 0.3) is 5.56 Å². The van der Waals surface area contributed by atoms with E-state index in [-0.39, 0.29) is 12.1 Å². The molecule has 0 amide bonds. The zero-order chi connectivity index (χ0) is 24.1. The summed E-state index contributed by atoms with van der Waals surface area (Å²) in [4.78, 5) is 19.2. The van der Waals surface area contributed by atoms with Crippen LogP contribution in [0.25, 0.3) is 0 Å². The van der Waals surface area contributed by atoms with Gasteiger partial charge in [-0.15, -0.1) is 11.5 Å². The first-order valence-corrected chi connectivity index (χ1v) is 11.0. The summed E-state index contributed by atoms with van der Waals surface area (Å²) in [6.45, 7) is 1.25. The van der Waals surface area contributed by atoms with E-state index in [0.29, 0.717) is 36.6 Å². The fraction of sp³-hybridized carbons (Fsp3) is 0.346. The lowest BCUT2D eigenvalue weighted by atomic mass is 10.2. The van der Waals surface area contributed by atoms with Crippen molar-refractivity contribution in [2.75, 3.05) is 32.3 Å². The maximum absolute atomic E-state index is 12.9. The highest BCUT2D eigenvalue weighted by Gasteiger charge is 2.40. The number of methoxy groups -OCH3 is 2. The van der Waals surface area contributed by atoms with Crippen molar-refractivity contribution in [1.29, 1.82) is 0 Å². The van der Waals surface area contributed by atoms with Crippen molar-refractivity contribution in [3.05, 3.63) is 70.3 Å². The van der Waals surface area contributed by atoms with Gasteiger partial charge in [-0.1, -0.05) is 18.1 Å². The van der Waals surface area contributed by atoms with Gasteiger partial charge in [0.15, 0.2) is 0 Å². The zero-order valence-corrected chi connectivity index (χ0v) is 19.6. The van der Waals surface area contributed by atoms with Crippen molar-refractivity contribution in [2.45, 2.75) is 18.9 Å². The van der Waals surface area contributed by atoms with E-state index in [9.17, 15) is 4.79 Å². The van der Waals surface area contributed by atoms with E-state index in [1.54, 1.807) is 33.5 Å². The number of aryl methyl sites for hydroxylation is 1. The molecule has 1 fully saturated rings. The van der Waals surface area contributed by atoms with Crippen molar-refractivity contribution in [1.82, 2.24) is 14.8 Å². The third kappa shape index (κ3) is 5.31. The molecule has 0 saturated heterocycles. The first kappa shape index (κ1) is 23.2. The molecule has 0 bridgehead atoms. The van der Waals surface area contributed by atoms with Crippen molar-refractivity contribution >= 4 is 5.69 Å². The summed E-state index contributed by atoms with van der Waals surface area (Å²) in [7, 11) is 4.86. The summed E-state index contributed by atoms with van der Waals surface area (Å²) in [6.07, 6.45) is 8.34. The minimum absolute atomic E-state index is 0.233. The molecule has 8 nitrogen and oxygen atoms in total. The van der Waals surface area contributed by atoms with Crippen molar-refractivity contribution in [3.63, 3.8) is 0 Å². The SMILES string of the molecule is C#CCN(Cc1ccc(OC)cc1)c1cc(OCC2CC2c2ccc(OC)cn2)nn(C)c1=O. The number of rotatable bonds is 10. The first-order valence-electron chi connectivity index (χ1n) is 11.0. The van der Waals surface area contributed by atoms with Crippen LogP contribution in [0.3, 0.4) is 0 Å². The summed E-state index contributed by atoms with van der Waals surface area (Å²) in [5.41, 5.74) is 2.25. The Labute approximate surface area is 199 Å². The van der Waals surface area contributed by atoms with Gasteiger partial charge in [0.05, 0.1) is 33.6 Å². The Kier molecular flexibility index (Phi) is 7.02. The van der Waals surface area contributed by atoms with Crippen LogP contribution in [0, 0.1) is 18.3 Å². The van der Waals surface area contributed by atoms with Gasteiger partial charge in [0.1, 0.15) is 17.2 Å². The normalized spacial score (nSPS) is 16.4. The van der Waals surface area contributed by atoms with E-state index < -0.39 is 0 Å². The van der Waals surface area contributed by atoms with Gasteiger partial charge < -0.3 is 19.1 Å². The second kappa shape index (κ2) is 10.3. The molecular weight excluding hydrogens is 432 g/mol. The van der Waals surface area contributed by atoms with E-state index in [4.69, 9.17) is 20.6 Å². The van der Waals surface area contributed by atoms with Crippen LogP contribution in [0.4, 0.5) is 5.69 Å². The number of benzene rings is 1. The molecule has 0 spiro atoms. The number of hydrogen-bond donors (Lipinski definition) is 0. The van der Waals surface area contributed by atoms with Crippen LogP contribution < -0.4 is 24.7 Å². The molecule has 0 N–H and O–H groups in total. The van der Waals surface area contributed by atoms with Crippen molar-refractivity contribution < 1.29 is 14.2 Å². The number of anilines is 1. The highest BCUT2D eigenvalue weighted by molar-refractivity contribution is 5.48. The third-order valence-corrected chi connectivity index (χ3v) is 5.92. The maximum atomic E-state index is 12.9. The second-order valence-corrected chi connectivity index (χ2v) is 8.24. The Morgan fingerprint density at radius 2 is 1.88 bits per heavy atom. The van der Waals surface area contributed by atoms with Crippen LogP contribution in [0.5, 0.6) is 17.4 Å². The predicted molar refractivity (Wildman–Crippen MR) is 129 cm³/mol. The van der Waals surface area contributed by atoms with Gasteiger partial charge in [0.2, 0.25) is 5.88 Å². The van der Waals surface area contributed by atoms with Gasteiger partial charge in [-0.25, -0.2) is 4.68 Å². The van der Waals surface area contributed by atoms with Crippen LogP contribution in [0.1, 0.15) is 23.6 Å². The molecule has 8 heteroatoms. The molecule has 1 saturated carbocycles. The Morgan fingerprint density at radius 3 is 2.53 bits per heavy atom. The Morgan fingerprint density at radius 1 is 1.15 bits per heavy atom. The molecule has 176 valence electrons. The molecule has 2 aromatic heterocycles. The minimum Gasteiger partial charge on any atom is -0.497 e. The smallest absolute Gasteiger partial charge is 0.290 e. The lowest BCUT2D eigenvalue weighted by molar-refractivity contribution is 0.278. The van der Waals surface area contributed by atoms with Gasteiger partial charge in [-0.05, 0) is 36.2 Å². The number of aromatic nitrogens is 3. The lowest BCUT2D eigenvalue weighted by Gasteiger charge is -2.22. The fourth-order valence-corrected chi connectivity index (χ4v) is 3.87. The molecule has 1 aliphatic carbocycles. The quantitative estimate of drug-likeness (QED) is 0.431. The minimum atomic E-state index is -0.233. The number of nitrogens with zero attached hydrogens (tertiary/aromatic N) is 4. The molecule has 0 aliphatic heterocycles. The van der Waals surface area contributed by atoms with Crippen LogP contribution >= 0.6 is 0 Å². The van der Waals surface area contributed by atoms with Gasteiger partial charge >= 0.3 is 0 Å². The molecule has 1 aliphatic rings. The Balaban J connectivity index is 1.46. The van der Waals surface area contributed by atoms with Crippen LogP contribution in [-0.2, 0) is 13.6 Å². The largest absolute Gasteiger partial charge is 0.497 e. The average molecular weight is 461 g/mol. The van der Waals surface area contributed by atoms with Gasteiger partial charge in [0, 0.05) is 37.2 Å². The lowest BCUT2D eigenvalue weighted by Crippen LogP contribution is -2.32. The molecule has 1 aromatic carbocycles. The molecule has 2 unspecified atom stereocenters. The topological polar surface area (TPSA) is 78.7 Å². The number of terminal acetylenes is 1. The number of pyridine rings is 1. The first-order chi connectivity index (χ1) is 16.5. The van der Waals surface area contributed by atoms with Crippen molar-refractivity contribution in [3.8, 4) is 29.7 Å². The molecule has 2 atom stereocenters. The predicted octanol–water partition coefficient (Wildman–Crippen LogP) is 3.01. The summed E-state index contributed by atoms with van der Waals surface area (Å²) in [6, 6.07) is 13.2. The molecular formula is C26H28N4O4. The highest BCUT2D eigenvalue weighted by atomic mass is 16.5. The summed E-state index contributed by atoms with van der Waals surface area (Å²) in [5, 5.41) is 4.28. The third-order valence-electron chi connectivity index (χ3n) is 5.92. The van der Waals surface area contributed by atoms with E-state index in [2.05, 4.69) is 16.0 Å². The summed E-state index contributed by atoms with van der Waals surface area (Å²) < 4.78 is 17.7. The molecule has 4 rings (SSSR count). The van der Waals surface area contributed by atoms with Crippen molar-refractivity contribution in [2.24, 2.45) is 13.0 Å². The van der Waals surface area contributed by atoms with Gasteiger partial charge in [-0.2, -0.15) is 0 Å². The van der Waals surface area contributed by atoms with E-state index in [0.717, 1.165) is 29.2 Å². The van der Waals surface area contributed by atoms with Crippen LogP contribution in [0.2, 0.25) is 0 Å². The zero-order valence-electron chi connectivity index (χ0n) is 19.6. The highest BCUT2D eigenvalue weighted by Crippen LogP contribution is 2.46. The number of ether oxygens (including phenoxy) is 3. The standard InChI is InChI=1S/C26H28N4O4/c1-5-12-30(16-18-6-8-20(32-3)9-7-18)24-14-25(28-29(2)26(24)31)34-17-19-13-22(19)23-11-10-21(33-4)15-27-23/h1,6-11,14-15,19,22H,12-13,16-17H2,2-4H3. The van der Waals surface area contributed by atoms with E-state index in [1.807, 2.05) is 41.3 Å².